The Hall–Kier alpha value is -2.42. The van der Waals surface area contributed by atoms with Crippen LogP contribution < -0.4 is 4.18 Å². The van der Waals surface area contributed by atoms with E-state index >= 15 is 0 Å². The monoisotopic (exact) mass is 368 g/mol. The van der Waals surface area contributed by atoms with E-state index in [1.54, 1.807) is 54.6 Å². The van der Waals surface area contributed by atoms with E-state index in [-0.39, 0.29) is 5.75 Å². The summed E-state index contributed by atoms with van der Waals surface area (Å²) in [7, 11) is -7.61. The normalized spacial score (nSPS) is 11.4. The second-order valence-electron chi connectivity index (χ2n) is 4.28. The fraction of sp³-hybridized carbons (Fsp3) is 0. The molecule has 8 heteroatoms. The lowest BCUT2D eigenvalue weighted by Crippen LogP contribution is -2.03. The first-order valence-electron chi connectivity index (χ1n) is 6.54. The van der Waals surface area contributed by atoms with Crippen molar-refractivity contribution in [2.75, 3.05) is 0 Å². The lowest BCUT2D eigenvalue weighted by atomic mass is 10.2. The standard InChI is InChI=1S/2C8H8O3S/c1-2-12(9,10)11-8-6-4-3-5-7-8;9-12(10,11)7-6-8-4-2-1-3-5-8/h2-7H,1H2;1-7H,(H,9,10,11). The summed E-state index contributed by atoms with van der Waals surface area (Å²) in [6, 6.07) is 17.1. The lowest BCUT2D eigenvalue weighted by molar-refractivity contribution is 0.493. The number of rotatable bonds is 5. The van der Waals surface area contributed by atoms with Gasteiger partial charge in [0.1, 0.15) is 5.75 Å². The average Bonchev–Trinajstić information content (AvgIpc) is 2.54. The maximum atomic E-state index is 10.8. The molecule has 0 aliphatic carbocycles. The SMILES string of the molecule is C=CS(=O)(=O)Oc1ccccc1.O=S(=O)(O)C=Cc1ccccc1. The van der Waals surface area contributed by atoms with Crippen LogP contribution in [0.5, 0.6) is 5.75 Å². The van der Waals surface area contributed by atoms with Crippen LogP contribution in [0, 0.1) is 0 Å². The molecule has 0 radical (unpaired) electrons. The van der Waals surface area contributed by atoms with Crippen molar-refractivity contribution in [1.29, 1.82) is 0 Å². The summed E-state index contributed by atoms with van der Waals surface area (Å²) in [4.78, 5) is 0. The molecule has 1 N–H and O–H groups in total. The highest BCUT2D eigenvalue weighted by Gasteiger charge is 2.04. The third kappa shape index (κ3) is 8.89. The molecule has 6 nitrogen and oxygen atoms in total. The number of hydrogen-bond donors (Lipinski definition) is 1. The molecule has 0 fully saturated rings. The molecule has 0 aliphatic heterocycles. The molecule has 24 heavy (non-hydrogen) atoms. The number of para-hydroxylation sites is 1. The minimum Gasteiger partial charge on any atom is -0.379 e. The van der Waals surface area contributed by atoms with Crippen molar-refractivity contribution in [1.82, 2.24) is 0 Å². The Morgan fingerprint density at radius 1 is 0.875 bits per heavy atom. The van der Waals surface area contributed by atoms with Gasteiger partial charge in [0.25, 0.3) is 10.1 Å². The summed E-state index contributed by atoms with van der Waals surface area (Å²) < 4.78 is 55.2. The van der Waals surface area contributed by atoms with Gasteiger partial charge in [0.05, 0.1) is 10.8 Å². The first-order valence-corrected chi connectivity index (χ1v) is 9.52. The topological polar surface area (TPSA) is 97.7 Å². The molecule has 128 valence electrons. The fourth-order valence-electron chi connectivity index (χ4n) is 1.37. The molecular weight excluding hydrogens is 352 g/mol. The van der Waals surface area contributed by atoms with Gasteiger partial charge in [0.15, 0.2) is 0 Å². The van der Waals surface area contributed by atoms with Gasteiger partial charge in [-0.2, -0.15) is 16.8 Å². The number of benzene rings is 2. The zero-order chi connectivity index (χ0) is 18.1. The van der Waals surface area contributed by atoms with Crippen LogP contribution in [-0.4, -0.2) is 21.4 Å². The average molecular weight is 368 g/mol. The maximum absolute atomic E-state index is 10.8. The van der Waals surface area contributed by atoms with Crippen molar-refractivity contribution in [3.63, 3.8) is 0 Å². The molecule has 0 bridgehead atoms. The Balaban J connectivity index is 0.000000240. The van der Waals surface area contributed by atoms with Crippen LogP contribution in [0.1, 0.15) is 5.56 Å². The summed E-state index contributed by atoms with van der Waals surface area (Å²) >= 11 is 0. The quantitative estimate of drug-likeness (QED) is 0.643. The lowest BCUT2D eigenvalue weighted by Gasteiger charge is -2.00. The molecule has 0 saturated heterocycles. The van der Waals surface area contributed by atoms with Crippen molar-refractivity contribution in [2.45, 2.75) is 0 Å². The van der Waals surface area contributed by atoms with Gasteiger partial charge in [0, 0.05) is 0 Å². The van der Waals surface area contributed by atoms with Crippen LogP contribution in [0.25, 0.3) is 6.08 Å². The third-order valence-electron chi connectivity index (χ3n) is 2.39. The Morgan fingerprint density at radius 3 is 1.83 bits per heavy atom. The first kappa shape index (κ1) is 19.6. The van der Waals surface area contributed by atoms with Crippen molar-refractivity contribution in [3.8, 4) is 5.75 Å². The zero-order valence-electron chi connectivity index (χ0n) is 12.5. The fourth-order valence-corrected chi connectivity index (χ4v) is 2.15. The van der Waals surface area contributed by atoms with Gasteiger partial charge in [-0.15, -0.1) is 0 Å². The van der Waals surface area contributed by atoms with Crippen LogP contribution in [0.15, 0.2) is 78.1 Å². The molecule has 2 aromatic rings. The van der Waals surface area contributed by atoms with Gasteiger partial charge in [-0.25, -0.2) is 0 Å². The molecule has 2 aromatic carbocycles. The van der Waals surface area contributed by atoms with Gasteiger partial charge in [-0.3, -0.25) is 4.55 Å². The van der Waals surface area contributed by atoms with Crippen molar-refractivity contribution in [2.24, 2.45) is 0 Å². The maximum Gasteiger partial charge on any atom is 0.331 e. The van der Waals surface area contributed by atoms with Gasteiger partial charge in [-0.1, -0.05) is 55.1 Å². The summed E-state index contributed by atoms with van der Waals surface area (Å²) in [5.41, 5.74) is 0.732. The molecule has 2 rings (SSSR count). The molecule has 0 spiro atoms. The van der Waals surface area contributed by atoms with E-state index in [0.717, 1.165) is 16.4 Å². The van der Waals surface area contributed by atoms with E-state index in [9.17, 15) is 16.8 Å². The van der Waals surface area contributed by atoms with Crippen molar-refractivity contribution in [3.05, 3.63) is 83.6 Å². The van der Waals surface area contributed by atoms with Crippen LogP contribution in [-0.2, 0) is 20.2 Å². The predicted octanol–water partition coefficient (Wildman–Crippen LogP) is 3.08. The number of hydrogen-bond acceptors (Lipinski definition) is 5. The largest absolute Gasteiger partial charge is 0.379 e. The second-order valence-corrected chi connectivity index (χ2v) is 7.07. The Labute approximate surface area is 141 Å². The summed E-state index contributed by atoms with van der Waals surface area (Å²) in [5, 5.41) is 1.52. The molecule has 0 saturated carbocycles. The highest BCUT2D eigenvalue weighted by atomic mass is 32.2. The summed E-state index contributed by atoms with van der Waals surface area (Å²) in [6.07, 6.45) is 1.33. The Morgan fingerprint density at radius 2 is 1.38 bits per heavy atom. The van der Waals surface area contributed by atoms with Crippen LogP contribution in [0.2, 0.25) is 0 Å². The Bertz CT molecular complexity index is 871. The summed E-state index contributed by atoms with van der Waals surface area (Å²) in [6.45, 7) is 3.12. The van der Waals surface area contributed by atoms with Crippen molar-refractivity contribution >= 4 is 26.3 Å². The van der Waals surface area contributed by atoms with E-state index in [4.69, 9.17) is 4.55 Å². The molecule has 0 amide bonds. The second kappa shape index (κ2) is 9.02. The van der Waals surface area contributed by atoms with Crippen LogP contribution >= 0.6 is 0 Å². The predicted molar refractivity (Wildman–Crippen MR) is 93.2 cm³/mol. The van der Waals surface area contributed by atoms with E-state index < -0.39 is 20.2 Å². The third-order valence-corrected chi connectivity index (χ3v) is 3.70. The smallest absolute Gasteiger partial charge is 0.331 e. The molecule has 0 unspecified atom stereocenters. The Kier molecular flexibility index (Phi) is 7.37. The van der Waals surface area contributed by atoms with Crippen LogP contribution in [0.4, 0.5) is 0 Å². The van der Waals surface area contributed by atoms with Crippen LogP contribution in [0.3, 0.4) is 0 Å². The molecular formula is C16H16O6S2. The van der Waals surface area contributed by atoms with Gasteiger partial charge >= 0.3 is 10.1 Å². The first-order chi connectivity index (χ1) is 11.2. The minimum absolute atomic E-state index is 0.289. The van der Waals surface area contributed by atoms with Crippen molar-refractivity contribution < 1.29 is 25.6 Å². The molecule has 0 atom stereocenters. The van der Waals surface area contributed by atoms with E-state index in [2.05, 4.69) is 10.8 Å². The zero-order valence-corrected chi connectivity index (χ0v) is 14.2. The van der Waals surface area contributed by atoms with E-state index in [1.165, 1.54) is 6.08 Å². The minimum atomic E-state index is -4.00. The highest BCUT2D eigenvalue weighted by molar-refractivity contribution is 7.90. The summed E-state index contributed by atoms with van der Waals surface area (Å²) in [5.74, 6) is 0.289. The van der Waals surface area contributed by atoms with E-state index in [1.807, 2.05) is 6.07 Å². The van der Waals surface area contributed by atoms with Gasteiger partial charge in [0.2, 0.25) is 0 Å². The van der Waals surface area contributed by atoms with E-state index in [0.29, 0.717) is 0 Å². The molecule has 0 aromatic heterocycles. The molecule has 0 heterocycles. The molecule has 0 aliphatic rings. The highest BCUT2D eigenvalue weighted by Crippen LogP contribution is 2.11. The van der Waals surface area contributed by atoms with Gasteiger partial charge < -0.3 is 4.18 Å². The van der Waals surface area contributed by atoms with Gasteiger partial charge in [-0.05, 0) is 23.8 Å².